The SMILES string of the molecule is COC(=O)c1c(NC(=O)c2ccoc2)c2cc(NCc3cc(C)ccc3C)cnc2n1CC(C)C. The number of hydrogen-bond donors (Lipinski definition) is 2. The molecule has 4 aromatic rings. The molecule has 3 heterocycles. The van der Waals surface area contributed by atoms with Crippen LogP contribution in [0.1, 0.15) is 51.4 Å². The minimum Gasteiger partial charge on any atom is -0.472 e. The number of furan rings is 1. The highest BCUT2D eigenvalue weighted by Gasteiger charge is 2.27. The number of nitrogens with zero attached hydrogens (tertiary/aromatic N) is 2. The average molecular weight is 475 g/mol. The standard InChI is InChI=1S/C27H30N4O4/c1-16(2)14-31-24(27(33)34-5)23(30-26(32)19-8-9-35-15-19)22-11-21(13-29-25(22)31)28-12-20-10-17(3)6-7-18(20)4/h6-11,13,15-16,28H,12,14H2,1-5H3,(H,30,32). The number of fused-ring (bicyclic) bond motifs is 1. The summed E-state index contributed by atoms with van der Waals surface area (Å²) >= 11 is 0. The first-order chi connectivity index (χ1) is 16.8. The van der Waals surface area contributed by atoms with E-state index in [1.54, 1.807) is 12.3 Å². The Morgan fingerprint density at radius 3 is 2.66 bits per heavy atom. The van der Waals surface area contributed by atoms with Crippen LogP contribution in [0.3, 0.4) is 0 Å². The van der Waals surface area contributed by atoms with Gasteiger partial charge in [-0.05, 0) is 43.0 Å². The summed E-state index contributed by atoms with van der Waals surface area (Å²) in [4.78, 5) is 30.5. The predicted molar refractivity (Wildman–Crippen MR) is 136 cm³/mol. The summed E-state index contributed by atoms with van der Waals surface area (Å²) in [6, 6.07) is 9.82. The Morgan fingerprint density at radius 2 is 1.97 bits per heavy atom. The number of hydrogen-bond acceptors (Lipinski definition) is 6. The maximum Gasteiger partial charge on any atom is 0.356 e. The first-order valence-corrected chi connectivity index (χ1v) is 11.5. The van der Waals surface area contributed by atoms with Crippen molar-refractivity contribution in [3.8, 4) is 0 Å². The minimum atomic E-state index is -0.545. The highest BCUT2D eigenvalue weighted by Crippen LogP contribution is 2.34. The van der Waals surface area contributed by atoms with Crippen molar-refractivity contribution in [2.75, 3.05) is 17.7 Å². The Labute approximate surface area is 204 Å². The van der Waals surface area contributed by atoms with Crippen molar-refractivity contribution in [1.29, 1.82) is 0 Å². The molecule has 0 unspecified atom stereocenters. The predicted octanol–water partition coefficient (Wildman–Crippen LogP) is 5.55. The number of carbonyl (C=O) groups excluding carboxylic acids is 2. The Bertz CT molecular complexity index is 1370. The summed E-state index contributed by atoms with van der Waals surface area (Å²) in [6.07, 6.45) is 4.53. The Balaban J connectivity index is 1.79. The third-order valence-corrected chi connectivity index (χ3v) is 5.83. The van der Waals surface area contributed by atoms with Gasteiger partial charge in [-0.15, -0.1) is 0 Å². The van der Waals surface area contributed by atoms with Crippen LogP contribution in [0.4, 0.5) is 11.4 Å². The number of ether oxygens (including phenoxy) is 1. The lowest BCUT2D eigenvalue weighted by molar-refractivity contribution is 0.0589. The number of methoxy groups -OCH3 is 1. The molecule has 0 aliphatic rings. The van der Waals surface area contributed by atoms with Gasteiger partial charge in [-0.3, -0.25) is 4.79 Å². The summed E-state index contributed by atoms with van der Waals surface area (Å²) in [5.74, 6) is -0.701. The fourth-order valence-corrected chi connectivity index (χ4v) is 4.07. The van der Waals surface area contributed by atoms with E-state index in [2.05, 4.69) is 61.5 Å². The van der Waals surface area contributed by atoms with Crippen molar-refractivity contribution < 1.29 is 18.7 Å². The van der Waals surface area contributed by atoms with Crippen molar-refractivity contribution in [3.05, 3.63) is 77.0 Å². The highest BCUT2D eigenvalue weighted by molar-refractivity contribution is 6.14. The number of pyridine rings is 1. The van der Waals surface area contributed by atoms with Gasteiger partial charge < -0.3 is 24.4 Å². The van der Waals surface area contributed by atoms with Crippen LogP contribution < -0.4 is 10.6 Å². The van der Waals surface area contributed by atoms with E-state index in [0.717, 1.165) is 5.69 Å². The molecule has 1 aromatic carbocycles. The van der Waals surface area contributed by atoms with Crippen LogP contribution >= 0.6 is 0 Å². The number of aryl methyl sites for hydroxylation is 2. The molecule has 0 spiro atoms. The topological polar surface area (TPSA) is 98.4 Å². The molecule has 0 bridgehead atoms. The molecule has 8 nitrogen and oxygen atoms in total. The molecule has 35 heavy (non-hydrogen) atoms. The lowest BCUT2D eigenvalue weighted by Gasteiger charge is -2.12. The highest BCUT2D eigenvalue weighted by atomic mass is 16.5. The summed E-state index contributed by atoms with van der Waals surface area (Å²) in [6.45, 7) is 9.40. The van der Waals surface area contributed by atoms with Crippen molar-refractivity contribution in [3.63, 3.8) is 0 Å². The summed E-state index contributed by atoms with van der Waals surface area (Å²) in [5, 5.41) is 6.97. The zero-order valence-electron chi connectivity index (χ0n) is 20.6. The van der Waals surface area contributed by atoms with Gasteiger partial charge in [-0.25, -0.2) is 9.78 Å². The second-order valence-corrected chi connectivity index (χ2v) is 9.06. The van der Waals surface area contributed by atoms with E-state index in [-0.39, 0.29) is 17.5 Å². The van der Waals surface area contributed by atoms with Gasteiger partial charge in [0, 0.05) is 18.5 Å². The van der Waals surface area contributed by atoms with Gasteiger partial charge in [0.1, 0.15) is 11.9 Å². The van der Waals surface area contributed by atoms with Crippen LogP contribution in [0.15, 0.2) is 53.5 Å². The summed E-state index contributed by atoms with van der Waals surface area (Å²) in [5.41, 5.74) is 5.91. The Kier molecular flexibility index (Phi) is 6.91. The second-order valence-electron chi connectivity index (χ2n) is 9.06. The van der Waals surface area contributed by atoms with Crippen molar-refractivity contribution >= 4 is 34.3 Å². The van der Waals surface area contributed by atoms with Gasteiger partial charge in [-0.2, -0.15) is 0 Å². The van der Waals surface area contributed by atoms with Crippen molar-refractivity contribution in [2.24, 2.45) is 5.92 Å². The lowest BCUT2D eigenvalue weighted by atomic mass is 10.1. The number of aromatic nitrogens is 2. The van der Waals surface area contributed by atoms with E-state index in [0.29, 0.717) is 35.4 Å². The van der Waals surface area contributed by atoms with Crippen LogP contribution in [0.5, 0.6) is 0 Å². The van der Waals surface area contributed by atoms with Crippen molar-refractivity contribution in [1.82, 2.24) is 9.55 Å². The first-order valence-electron chi connectivity index (χ1n) is 11.5. The van der Waals surface area contributed by atoms with Gasteiger partial charge in [0.15, 0.2) is 5.69 Å². The monoisotopic (exact) mass is 474 g/mol. The largest absolute Gasteiger partial charge is 0.472 e. The molecule has 0 atom stereocenters. The molecule has 8 heteroatoms. The molecule has 4 rings (SSSR count). The third kappa shape index (κ3) is 5.06. The van der Waals surface area contributed by atoms with Gasteiger partial charge >= 0.3 is 5.97 Å². The van der Waals surface area contributed by atoms with Crippen molar-refractivity contribution in [2.45, 2.75) is 40.8 Å². The third-order valence-electron chi connectivity index (χ3n) is 5.83. The molecule has 0 fully saturated rings. The van der Waals surface area contributed by atoms with Crippen LogP contribution in [0.2, 0.25) is 0 Å². The Morgan fingerprint density at radius 1 is 1.17 bits per heavy atom. The van der Waals surface area contributed by atoms with E-state index in [4.69, 9.17) is 9.15 Å². The maximum absolute atomic E-state index is 12.9. The van der Waals surface area contributed by atoms with Gasteiger partial charge in [0.2, 0.25) is 0 Å². The van der Waals surface area contributed by atoms with Crippen LogP contribution in [0.25, 0.3) is 11.0 Å². The quantitative estimate of drug-likeness (QED) is 0.325. The van der Waals surface area contributed by atoms with Gasteiger partial charge in [0.05, 0.1) is 36.5 Å². The number of anilines is 2. The molecule has 3 aromatic heterocycles. The molecule has 2 N–H and O–H groups in total. The van der Waals surface area contributed by atoms with Gasteiger partial charge in [-0.1, -0.05) is 37.6 Å². The molecule has 0 saturated heterocycles. The number of amides is 1. The maximum atomic E-state index is 12.9. The molecule has 0 radical (unpaired) electrons. The van der Waals surface area contributed by atoms with E-state index >= 15 is 0 Å². The average Bonchev–Trinajstić information content (AvgIpc) is 3.46. The molecule has 0 aliphatic carbocycles. The molecule has 0 saturated carbocycles. The number of esters is 1. The smallest absolute Gasteiger partial charge is 0.356 e. The van der Waals surface area contributed by atoms with E-state index in [9.17, 15) is 9.59 Å². The summed E-state index contributed by atoms with van der Waals surface area (Å²) in [7, 11) is 1.33. The lowest BCUT2D eigenvalue weighted by Crippen LogP contribution is -2.18. The van der Waals surface area contributed by atoms with Crippen LogP contribution in [-0.4, -0.2) is 28.5 Å². The fraction of sp³-hybridized carbons (Fsp3) is 0.296. The zero-order chi connectivity index (χ0) is 25.1. The molecule has 1 amide bonds. The normalized spacial score (nSPS) is 11.1. The number of benzene rings is 1. The Hall–Kier alpha value is -4.07. The number of carbonyl (C=O) groups is 2. The number of nitrogens with one attached hydrogen (secondary N) is 2. The fourth-order valence-electron chi connectivity index (χ4n) is 4.07. The molecule has 0 aliphatic heterocycles. The zero-order valence-corrected chi connectivity index (χ0v) is 20.6. The minimum absolute atomic E-state index is 0.232. The van der Waals surface area contributed by atoms with E-state index < -0.39 is 5.97 Å². The van der Waals surface area contributed by atoms with Crippen LogP contribution in [-0.2, 0) is 17.8 Å². The van der Waals surface area contributed by atoms with E-state index in [1.165, 1.54) is 36.3 Å². The second kappa shape index (κ2) is 10.0. The van der Waals surface area contributed by atoms with Gasteiger partial charge in [0.25, 0.3) is 5.91 Å². The summed E-state index contributed by atoms with van der Waals surface area (Å²) < 4.78 is 11.9. The first kappa shape index (κ1) is 24.1. The molecule has 182 valence electrons. The van der Waals surface area contributed by atoms with E-state index in [1.807, 2.05) is 10.6 Å². The molecular weight excluding hydrogens is 444 g/mol. The van der Waals surface area contributed by atoms with Crippen LogP contribution in [0, 0.1) is 19.8 Å². The molecular formula is C27H30N4O4. The number of rotatable bonds is 8.